The molecule has 1 atom stereocenters. The first kappa shape index (κ1) is 10.0. The van der Waals surface area contributed by atoms with Crippen LogP contribution >= 0.6 is 0 Å². The maximum absolute atomic E-state index is 10.9. The number of carbonyl (C=O) groups is 1. The quantitative estimate of drug-likeness (QED) is 0.456. The molecule has 0 aromatic rings. The van der Waals surface area contributed by atoms with Crippen LogP contribution in [0, 0.1) is 10.1 Å². The zero-order valence-electron chi connectivity index (χ0n) is 6.83. The average molecular weight is 159 g/mol. The summed E-state index contributed by atoms with van der Waals surface area (Å²) in [6.07, 6.45) is 0.275. The lowest BCUT2D eigenvalue weighted by molar-refractivity contribution is -0.126. The Morgan fingerprint density at radius 1 is 1.73 bits per heavy atom. The Labute approximate surface area is 64.9 Å². The summed E-state index contributed by atoms with van der Waals surface area (Å²) in [5, 5.41) is 12.8. The molecule has 0 heterocycles. The van der Waals surface area contributed by atoms with Gasteiger partial charge in [-0.2, -0.15) is 0 Å². The Morgan fingerprint density at radius 3 is 2.27 bits per heavy atom. The lowest BCUT2D eigenvalue weighted by atomic mass is 9.95. The molecule has 0 aromatic heterocycles. The van der Waals surface area contributed by atoms with Crippen LogP contribution < -0.4 is 0 Å². The van der Waals surface area contributed by atoms with Crippen LogP contribution in [0.4, 0.5) is 0 Å². The van der Waals surface area contributed by atoms with E-state index in [2.05, 4.69) is 5.29 Å². The molecule has 5 nitrogen and oxygen atoms in total. The molecule has 0 aliphatic rings. The van der Waals surface area contributed by atoms with E-state index < -0.39 is 5.54 Å². The number of nitroso groups, excluding NO2 is 1. The summed E-state index contributed by atoms with van der Waals surface area (Å²) in [4.78, 5) is 20.7. The number of hydrogen-bond acceptors (Lipinski definition) is 4. The molecule has 0 amide bonds. The van der Waals surface area contributed by atoms with E-state index in [9.17, 15) is 14.9 Å². The number of nitrogens with zero attached hydrogens (tertiary/aromatic N) is 2. The SMILES string of the molecule is CCC(C)(C(C)=O)N([O-])N=O. The topological polar surface area (TPSA) is 72.8 Å². The second-order valence-corrected chi connectivity index (χ2v) is 2.54. The van der Waals surface area contributed by atoms with Crippen LogP contribution in [-0.2, 0) is 4.79 Å². The molecular weight excluding hydrogens is 148 g/mol. The molecule has 0 N–H and O–H groups in total. The fourth-order valence-corrected chi connectivity index (χ4v) is 0.609. The molecule has 0 aliphatic carbocycles. The fraction of sp³-hybridized carbons (Fsp3) is 0.833. The molecule has 0 bridgehead atoms. The van der Waals surface area contributed by atoms with Gasteiger partial charge >= 0.3 is 0 Å². The van der Waals surface area contributed by atoms with Gasteiger partial charge in [0.1, 0.15) is 5.54 Å². The van der Waals surface area contributed by atoms with Gasteiger partial charge in [0.15, 0.2) is 5.78 Å². The Balaban J connectivity index is 4.58. The third-order valence-corrected chi connectivity index (χ3v) is 1.94. The van der Waals surface area contributed by atoms with Gasteiger partial charge in [-0.15, -0.1) is 4.91 Å². The molecule has 64 valence electrons. The highest BCUT2D eigenvalue weighted by molar-refractivity contribution is 5.85. The largest absolute Gasteiger partial charge is 0.739 e. The number of ketones is 1. The summed E-state index contributed by atoms with van der Waals surface area (Å²) in [7, 11) is 0. The van der Waals surface area contributed by atoms with Gasteiger partial charge in [0.2, 0.25) is 0 Å². The highest BCUT2D eigenvalue weighted by Gasteiger charge is 2.29. The maximum Gasteiger partial charge on any atom is 0.155 e. The summed E-state index contributed by atoms with van der Waals surface area (Å²) >= 11 is 0. The van der Waals surface area contributed by atoms with Crippen LogP contribution in [0.15, 0.2) is 5.29 Å². The molecule has 0 saturated carbocycles. The van der Waals surface area contributed by atoms with Crippen molar-refractivity contribution in [2.24, 2.45) is 5.29 Å². The monoisotopic (exact) mass is 159 g/mol. The van der Waals surface area contributed by atoms with Gasteiger partial charge in [0, 0.05) is 5.29 Å². The number of rotatable bonds is 4. The van der Waals surface area contributed by atoms with Crippen molar-refractivity contribution >= 4 is 5.78 Å². The maximum atomic E-state index is 10.9. The fourth-order valence-electron chi connectivity index (χ4n) is 0.609. The molecule has 11 heavy (non-hydrogen) atoms. The third kappa shape index (κ3) is 1.74. The van der Waals surface area contributed by atoms with Crippen molar-refractivity contribution in [2.75, 3.05) is 0 Å². The second kappa shape index (κ2) is 3.43. The number of hydrogen-bond donors (Lipinski definition) is 0. The minimum atomic E-state index is -1.29. The van der Waals surface area contributed by atoms with Crippen molar-refractivity contribution in [3.63, 3.8) is 0 Å². The minimum Gasteiger partial charge on any atom is -0.739 e. The predicted molar refractivity (Wildman–Crippen MR) is 40.4 cm³/mol. The van der Waals surface area contributed by atoms with Crippen LogP contribution in [0.5, 0.6) is 0 Å². The standard InChI is InChI=1S/C6H11N2O3/c1-4-6(3,5(2)9)8(11)7-10/h4H2,1-3H3/q-1. The molecule has 0 fully saturated rings. The Bertz CT molecular complexity index is 171. The van der Waals surface area contributed by atoms with Gasteiger partial charge < -0.3 is 10.4 Å². The van der Waals surface area contributed by atoms with Crippen LogP contribution in [0.1, 0.15) is 27.2 Å². The van der Waals surface area contributed by atoms with Crippen molar-refractivity contribution < 1.29 is 4.79 Å². The first-order chi connectivity index (χ1) is 4.99. The van der Waals surface area contributed by atoms with Crippen LogP contribution in [0.3, 0.4) is 0 Å². The Hall–Kier alpha value is -0.970. The number of hydroxylamine groups is 1. The third-order valence-electron chi connectivity index (χ3n) is 1.94. The van der Waals surface area contributed by atoms with Crippen LogP contribution in [0.25, 0.3) is 0 Å². The molecular formula is C6H11N2O3-. The van der Waals surface area contributed by atoms with Crippen molar-refractivity contribution in [3.05, 3.63) is 10.1 Å². The normalized spacial score (nSPS) is 15.3. The summed E-state index contributed by atoms with van der Waals surface area (Å²) in [5.74, 6) is -0.352. The van der Waals surface area contributed by atoms with Gasteiger partial charge in [-0.25, -0.2) is 0 Å². The second-order valence-electron chi connectivity index (χ2n) is 2.54. The summed E-state index contributed by atoms with van der Waals surface area (Å²) < 4.78 is 0. The van der Waals surface area contributed by atoms with Crippen molar-refractivity contribution in [3.8, 4) is 0 Å². The zero-order valence-corrected chi connectivity index (χ0v) is 6.83. The first-order valence-electron chi connectivity index (χ1n) is 3.30. The smallest absolute Gasteiger partial charge is 0.155 e. The molecule has 0 saturated heterocycles. The minimum absolute atomic E-state index is 0.0880. The van der Waals surface area contributed by atoms with E-state index in [1.54, 1.807) is 6.92 Å². The van der Waals surface area contributed by atoms with Crippen LogP contribution in [0.2, 0.25) is 0 Å². The van der Waals surface area contributed by atoms with E-state index in [1.807, 2.05) is 0 Å². The number of Topliss-reactive ketones (excluding diaryl/α,β-unsaturated/α-hetero) is 1. The highest BCUT2D eigenvalue weighted by atomic mass is 16.6. The lowest BCUT2D eigenvalue weighted by Crippen LogP contribution is -2.44. The van der Waals surface area contributed by atoms with Crippen LogP contribution in [-0.4, -0.2) is 16.5 Å². The van der Waals surface area contributed by atoms with Gasteiger partial charge in [-0.05, 0) is 20.3 Å². The molecule has 1 unspecified atom stereocenters. The summed E-state index contributed by atoms with van der Waals surface area (Å²) in [6, 6.07) is 0. The molecule has 0 spiro atoms. The van der Waals surface area contributed by atoms with E-state index >= 15 is 0 Å². The van der Waals surface area contributed by atoms with Gasteiger partial charge in [-0.1, -0.05) is 6.92 Å². The zero-order chi connectivity index (χ0) is 9.07. The van der Waals surface area contributed by atoms with Crippen molar-refractivity contribution in [2.45, 2.75) is 32.7 Å². The Morgan fingerprint density at radius 2 is 2.18 bits per heavy atom. The van der Waals surface area contributed by atoms with Gasteiger partial charge in [0.05, 0.1) is 0 Å². The van der Waals surface area contributed by atoms with Gasteiger partial charge in [0.25, 0.3) is 0 Å². The predicted octanol–water partition coefficient (Wildman–Crippen LogP) is 1.23. The van der Waals surface area contributed by atoms with Crippen molar-refractivity contribution in [1.82, 2.24) is 5.17 Å². The summed E-state index contributed by atoms with van der Waals surface area (Å²) in [6.45, 7) is 4.31. The molecule has 0 radical (unpaired) electrons. The van der Waals surface area contributed by atoms with E-state index in [-0.39, 0.29) is 17.4 Å². The van der Waals surface area contributed by atoms with Gasteiger partial charge in [-0.3, -0.25) is 4.79 Å². The summed E-state index contributed by atoms with van der Waals surface area (Å²) in [5.41, 5.74) is -1.29. The highest BCUT2D eigenvalue weighted by Crippen LogP contribution is 2.19. The first-order valence-corrected chi connectivity index (χ1v) is 3.30. The lowest BCUT2D eigenvalue weighted by Gasteiger charge is -2.38. The Kier molecular flexibility index (Phi) is 3.13. The molecule has 0 aliphatic heterocycles. The van der Waals surface area contributed by atoms with E-state index in [4.69, 9.17) is 0 Å². The number of carbonyl (C=O) groups excluding carboxylic acids is 1. The van der Waals surface area contributed by atoms with E-state index in [0.717, 1.165) is 0 Å². The molecule has 5 heteroatoms. The molecule has 0 rings (SSSR count). The van der Waals surface area contributed by atoms with Crippen molar-refractivity contribution in [1.29, 1.82) is 0 Å². The van der Waals surface area contributed by atoms with E-state index in [1.165, 1.54) is 13.8 Å². The van der Waals surface area contributed by atoms with E-state index in [0.29, 0.717) is 0 Å². The molecule has 0 aromatic carbocycles. The average Bonchev–Trinajstić information content (AvgIpc) is 2.01.